The highest BCUT2D eigenvalue weighted by Gasteiger charge is 2.15. The highest BCUT2D eigenvalue weighted by atomic mass is 79.9. The Balaban J connectivity index is 2.56. The Bertz CT molecular complexity index is 844. The first-order valence-electron chi connectivity index (χ1n) is 5.70. The Hall–Kier alpha value is -2.08. The predicted molar refractivity (Wildman–Crippen MR) is 84.4 cm³/mol. The maximum absolute atomic E-state index is 11.6. The number of sulfonamides is 1. The first-order valence-corrected chi connectivity index (χ1v) is 8.04. The van der Waals surface area contributed by atoms with E-state index in [0.29, 0.717) is 11.3 Å². The van der Waals surface area contributed by atoms with Gasteiger partial charge in [-0.3, -0.25) is 0 Å². The number of halogens is 1. The Morgan fingerprint density at radius 3 is 2.48 bits per heavy atom. The molecule has 5 N–H and O–H groups in total. The molecule has 108 valence electrons. The molecule has 6 nitrogen and oxygen atoms in total. The molecule has 0 atom stereocenters. The fourth-order valence-corrected chi connectivity index (χ4v) is 2.83. The molecule has 2 aromatic carbocycles. The van der Waals surface area contributed by atoms with Crippen molar-refractivity contribution in [1.82, 2.24) is 0 Å². The first kappa shape index (κ1) is 15.3. The average molecular weight is 367 g/mol. The van der Waals surface area contributed by atoms with E-state index in [1.54, 1.807) is 24.3 Å². The van der Waals surface area contributed by atoms with Gasteiger partial charge in [0.2, 0.25) is 10.0 Å². The molecule has 0 aromatic heterocycles. The number of rotatable bonds is 3. The number of nitrogen functional groups attached to an aromatic ring is 1. The summed E-state index contributed by atoms with van der Waals surface area (Å²) in [6, 6.07) is 11.3. The molecule has 2 aromatic rings. The minimum Gasteiger partial charge on any atom is -0.399 e. The van der Waals surface area contributed by atoms with E-state index in [2.05, 4.69) is 21.2 Å². The van der Waals surface area contributed by atoms with E-state index < -0.39 is 10.0 Å². The van der Waals surface area contributed by atoms with E-state index in [9.17, 15) is 8.42 Å². The lowest BCUT2D eigenvalue weighted by Crippen LogP contribution is -2.14. The zero-order valence-corrected chi connectivity index (χ0v) is 13.1. The molecule has 0 fully saturated rings. The standard InChI is InChI=1S/C13H11BrN4O2S/c14-9-2-1-8(7-15)12(5-9)18-11-4-3-10(16)6-13(11)21(17,19)20/h1-6,18H,16H2,(H2,17,19,20). The van der Waals surface area contributed by atoms with Gasteiger partial charge < -0.3 is 11.1 Å². The van der Waals surface area contributed by atoms with Crippen LogP contribution < -0.4 is 16.2 Å². The Morgan fingerprint density at radius 1 is 1.14 bits per heavy atom. The highest BCUT2D eigenvalue weighted by molar-refractivity contribution is 9.10. The Labute approximate surface area is 130 Å². The minimum atomic E-state index is -3.94. The fraction of sp³-hybridized carbons (Fsp3) is 0. The normalized spacial score (nSPS) is 10.9. The van der Waals surface area contributed by atoms with Crippen molar-refractivity contribution in [3.63, 3.8) is 0 Å². The molecule has 8 heteroatoms. The number of benzene rings is 2. The molecule has 0 aliphatic heterocycles. The smallest absolute Gasteiger partial charge is 0.240 e. The molecule has 0 heterocycles. The van der Waals surface area contributed by atoms with Gasteiger partial charge in [-0.2, -0.15) is 5.26 Å². The molecule has 21 heavy (non-hydrogen) atoms. The van der Waals surface area contributed by atoms with Crippen molar-refractivity contribution in [2.24, 2.45) is 5.14 Å². The van der Waals surface area contributed by atoms with Crippen molar-refractivity contribution in [2.45, 2.75) is 4.90 Å². The SMILES string of the molecule is N#Cc1ccc(Br)cc1Nc1ccc(N)cc1S(N)(=O)=O. The third-order valence-electron chi connectivity index (χ3n) is 2.68. The maximum atomic E-state index is 11.6. The summed E-state index contributed by atoms with van der Waals surface area (Å²) >= 11 is 3.30. The largest absolute Gasteiger partial charge is 0.399 e. The molecular formula is C13H11BrN4O2S. The molecule has 0 spiro atoms. The number of hydrogen-bond acceptors (Lipinski definition) is 5. The van der Waals surface area contributed by atoms with Gasteiger partial charge in [-0.1, -0.05) is 15.9 Å². The lowest BCUT2D eigenvalue weighted by atomic mass is 10.2. The van der Waals surface area contributed by atoms with Crippen LogP contribution in [0.15, 0.2) is 45.8 Å². The summed E-state index contributed by atoms with van der Waals surface area (Å²) < 4.78 is 24.0. The quantitative estimate of drug-likeness (QED) is 0.719. The van der Waals surface area contributed by atoms with Gasteiger partial charge in [0.1, 0.15) is 11.0 Å². The van der Waals surface area contributed by atoms with Crippen molar-refractivity contribution in [2.75, 3.05) is 11.1 Å². The molecular weight excluding hydrogens is 356 g/mol. The van der Waals surface area contributed by atoms with E-state index in [1.165, 1.54) is 12.1 Å². The molecule has 2 rings (SSSR count). The molecule has 0 aliphatic carbocycles. The van der Waals surface area contributed by atoms with Crippen molar-refractivity contribution < 1.29 is 8.42 Å². The van der Waals surface area contributed by atoms with Crippen LogP contribution in [0, 0.1) is 11.3 Å². The number of primary sulfonamides is 1. The molecule has 0 unspecified atom stereocenters. The highest BCUT2D eigenvalue weighted by Crippen LogP contribution is 2.29. The van der Waals surface area contributed by atoms with E-state index >= 15 is 0 Å². The number of nitrogens with two attached hydrogens (primary N) is 2. The minimum absolute atomic E-state index is 0.133. The number of anilines is 3. The van der Waals surface area contributed by atoms with Gasteiger partial charge in [0, 0.05) is 10.2 Å². The second kappa shape index (κ2) is 5.73. The van der Waals surface area contributed by atoms with Crippen LogP contribution in [0.1, 0.15) is 5.56 Å². The maximum Gasteiger partial charge on any atom is 0.240 e. The fourth-order valence-electron chi connectivity index (χ4n) is 1.74. The van der Waals surface area contributed by atoms with Crippen molar-refractivity contribution >= 4 is 43.0 Å². The number of hydrogen-bond donors (Lipinski definition) is 3. The lowest BCUT2D eigenvalue weighted by molar-refractivity contribution is 0.598. The van der Waals surface area contributed by atoms with Gasteiger partial charge in [0.25, 0.3) is 0 Å². The third kappa shape index (κ3) is 3.52. The van der Waals surface area contributed by atoms with E-state index in [0.717, 1.165) is 4.47 Å². The summed E-state index contributed by atoms with van der Waals surface area (Å²) in [7, 11) is -3.94. The molecule has 0 saturated heterocycles. The summed E-state index contributed by atoms with van der Waals surface area (Å²) in [5.41, 5.74) is 6.95. The number of nitriles is 1. The van der Waals surface area contributed by atoms with Crippen LogP contribution in [-0.2, 0) is 10.0 Å². The van der Waals surface area contributed by atoms with Gasteiger partial charge in [-0.05, 0) is 36.4 Å². The topological polar surface area (TPSA) is 122 Å². The summed E-state index contributed by atoms with van der Waals surface area (Å²) in [5.74, 6) is 0. The van der Waals surface area contributed by atoms with Gasteiger partial charge >= 0.3 is 0 Å². The summed E-state index contributed by atoms with van der Waals surface area (Å²) in [4.78, 5) is -0.133. The van der Waals surface area contributed by atoms with Crippen LogP contribution in [0.2, 0.25) is 0 Å². The zero-order valence-electron chi connectivity index (χ0n) is 10.7. The Kier molecular flexibility index (Phi) is 4.18. The van der Waals surface area contributed by atoms with E-state index in [4.69, 9.17) is 16.1 Å². The average Bonchev–Trinajstić information content (AvgIpc) is 2.40. The van der Waals surface area contributed by atoms with E-state index in [-0.39, 0.29) is 16.3 Å². The van der Waals surface area contributed by atoms with Crippen LogP contribution in [-0.4, -0.2) is 8.42 Å². The molecule has 0 bridgehead atoms. The van der Waals surface area contributed by atoms with E-state index in [1.807, 2.05) is 6.07 Å². The molecule has 0 amide bonds. The van der Waals surface area contributed by atoms with Crippen LogP contribution in [0.4, 0.5) is 17.1 Å². The lowest BCUT2D eigenvalue weighted by Gasteiger charge is -2.13. The number of nitrogens with zero attached hydrogens (tertiary/aromatic N) is 1. The molecule has 0 saturated carbocycles. The first-order chi connectivity index (χ1) is 9.81. The monoisotopic (exact) mass is 366 g/mol. The van der Waals surface area contributed by atoms with Crippen LogP contribution in [0.25, 0.3) is 0 Å². The molecule has 0 radical (unpaired) electrons. The Morgan fingerprint density at radius 2 is 1.86 bits per heavy atom. The molecule has 0 aliphatic rings. The van der Waals surface area contributed by atoms with Crippen molar-refractivity contribution in [3.05, 3.63) is 46.4 Å². The summed E-state index contributed by atoms with van der Waals surface area (Å²) in [6.07, 6.45) is 0. The van der Waals surface area contributed by atoms with Gasteiger partial charge in [-0.25, -0.2) is 13.6 Å². The van der Waals surface area contributed by atoms with Crippen LogP contribution in [0.5, 0.6) is 0 Å². The van der Waals surface area contributed by atoms with Gasteiger partial charge in [0.05, 0.1) is 16.9 Å². The van der Waals surface area contributed by atoms with Gasteiger partial charge in [-0.15, -0.1) is 0 Å². The predicted octanol–water partition coefficient (Wildman–Crippen LogP) is 2.29. The van der Waals surface area contributed by atoms with Crippen LogP contribution >= 0.6 is 15.9 Å². The summed E-state index contributed by atoms with van der Waals surface area (Å²) in [6.45, 7) is 0. The van der Waals surface area contributed by atoms with Gasteiger partial charge in [0.15, 0.2) is 0 Å². The third-order valence-corrected chi connectivity index (χ3v) is 4.13. The van der Waals surface area contributed by atoms with Crippen molar-refractivity contribution in [3.8, 4) is 6.07 Å². The van der Waals surface area contributed by atoms with Crippen LogP contribution in [0.3, 0.4) is 0 Å². The summed E-state index contributed by atoms with van der Waals surface area (Å²) in [5, 5.41) is 17.2. The zero-order chi connectivity index (χ0) is 15.6. The second-order valence-corrected chi connectivity index (χ2v) is 6.67. The number of nitrogens with one attached hydrogen (secondary N) is 1. The van der Waals surface area contributed by atoms with Crippen molar-refractivity contribution in [1.29, 1.82) is 5.26 Å². The second-order valence-electron chi connectivity index (χ2n) is 4.23.